The van der Waals surface area contributed by atoms with Crippen LogP contribution in [0.2, 0.25) is 0 Å². The molecule has 0 heterocycles. The van der Waals surface area contributed by atoms with Gasteiger partial charge in [-0.25, -0.2) is 4.79 Å². The molecule has 4 rings (SSSR count). The zero-order valence-corrected chi connectivity index (χ0v) is 20.9. The van der Waals surface area contributed by atoms with E-state index in [4.69, 9.17) is 19.4 Å². The Balaban J connectivity index is 1.56. The molecule has 4 aromatic carbocycles. The van der Waals surface area contributed by atoms with Crippen molar-refractivity contribution in [1.29, 1.82) is 0 Å². The van der Waals surface area contributed by atoms with Gasteiger partial charge in [-0.05, 0) is 59.9 Å². The van der Waals surface area contributed by atoms with Gasteiger partial charge in [0.1, 0.15) is 13.2 Å². The number of nitrogens with zero attached hydrogens (tertiary/aromatic N) is 1. The van der Waals surface area contributed by atoms with Crippen LogP contribution in [0, 0.1) is 13.8 Å². The maximum Gasteiger partial charge on any atom is 0.344 e. The van der Waals surface area contributed by atoms with Crippen molar-refractivity contribution in [2.45, 2.75) is 27.1 Å². The molecule has 0 saturated carbocycles. The molecule has 6 heteroatoms. The van der Waals surface area contributed by atoms with E-state index in [2.05, 4.69) is 67.5 Å². The first-order valence-electron chi connectivity index (χ1n) is 11.9. The van der Waals surface area contributed by atoms with E-state index in [9.17, 15) is 4.79 Å². The van der Waals surface area contributed by atoms with Crippen molar-refractivity contribution < 1.29 is 24.2 Å². The Labute approximate surface area is 216 Å². The van der Waals surface area contributed by atoms with Crippen molar-refractivity contribution in [2.24, 2.45) is 5.16 Å². The van der Waals surface area contributed by atoms with Gasteiger partial charge in [-0.1, -0.05) is 89.1 Å². The first-order valence-corrected chi connectivity index (χ1v) is 11.9. The summed E-state index contributed by atoms with van der Waals surface area (Å²) in [5.74, 6) is 0.235. The van der Waals surface area contributed by atoms with E-state index < -0.39 is 12.6 Å². The molecule has 0 unspecified atom stereocenters. The molecular weight excluding hydrogens is 466 g/mol. The van der Waals surface area contributed by atoms with E-state index in [1.54, 1.807) is 0 Å². The van der Waals surface area contributed by atoms with Gasteiger partial charge in [-0.15, -0.1) is 0 Å². The summed E-state index contributed by atoms with van der Waals surface area (Å²) >= 11 is 0. The average Bonchev–Trinajstić information content (AvgIpc) is 2.91. The molecule has 4 aromatic rings. The van der Waals surface area contributed by atoms with Gasteiger partial charge in [0.2, 0.25) is 6.61 Å². The topological polar surface area (TPSA) is 77.4 Å². The Morgan fingerprint density at radius 2 is 1.35 bits per heavy atom. The molecule has 37 heavy (non-hydrogen) atoms. The number of carboxylic acids is 1. The summed E-state index contributed by atoms with van der Waals surface area (Å²) in [6.07, 6.45) is 1.49. The second-order valence-electron chi connectivity index (χ2n) is 8.74. The maximum atomic E-state index is 10.6. The Morgan fingerprint density at radius 1 is 0.757 bits per heavy atom. The molecule has 0 aromatic heterocycles. The number of rotatable bonds is 11. The zero-order chi connectivity index (χ0) is 26.0. The highest BCUT2D eigenvalue weighted by molar-refractivity contribution is 5.82. The van der Waals surface area contributed by atoms with Crippen molar-refractivity contribution in [2.75, 3.05) is 6.61 Å². The summed E-state index contributed by atoms with van der Waals surface area (Å²) < 4.78 is 12.4. The molecule has 0 spiro atoms. The van der Waals surface area contributed by atoms with Crippen LogP contribution in [-0.4, -0.2) is 23.9 Å². The Hall–Kier alpha value is -4.58. The van der Waals surface area contributed by atoms with Crippen molar-refractivity contribution >= 4 is 12.2 Å². The third-order valence-electron chi connectivity index (χ3n) is 5.66. The Bertz CT molecular complexity index is 1360. The molecule has 1 N–H and O–H groups in total. The van der Waals surface area contributed by atoms with Crippen molar-refractivity contribution in [3.63, 3.8) is 0 Å². The minimum Gasteiger partial charge on any atom is -0.485 e. The second-order valence-corrected chi connectivity index (χ2v) is 8.74. The summed E-state index contributed by atoms with van der Waals surface area (Å²) in [7, 11) is 0. The number of hydrogen-bond donors (Lipinski definition) is 1. The number of carboxylic acid groups (broad SMARTS) is 1. The predicted octanol–water partition coefficient (Wildman–Crippen LogP) is 6.56. The molecule has 188 valence electrons. The lowest BCUT2D eigenvalue weighted by Crippen LogP contribution is -2.03. The van der Waals surface area contributed by atoms with Crippen LogP contribution >= 0.6 is 0 Å². The molecular formula is C31H29NO5. The number of oxime groups is 1. The molecule has 0 aliphatic carbocycles. The van der Waals surface area contributed by atoms with Crippen LogP contribution in [0.4, 0.5) is 0 Å². The smallest absolute Gasteiger partial charge is 0.344 e. The molecule has 0 saturated heterocycles. The fourth-order valence-electron chi connectivity index (χ4n) is 3.60. The highest BCUT2D eigenvalue weighted by atomic mass is 16.6. The van der Waals surface area contributed by atoms with Crippen molar-refractivity contribution in [3.8, 4) is 22.6 Å². The van der Waals surface area contributed by atoms with E-state index in [1.165, 1.54) is 17.3 Å². The van der Waals surface area contributed by atoms with Crippen LogP contribution in [0.3, 0.4) is 0 Å². The monoisotopic (exact) mass is 495 g/mol. The van der Waals surface area contributed by atoms with Crippen LogP contribution in [0.15, 0.2) is 96.2 Å². The fourth-order valence-corrected chi connectivity index (χ4v) is 3.60. The quantitative estimate of drug-likeness (QED) is 0.188. The lowest BCUT2D eigenvalue weighted by atomic mass is 10.0. The Kier molecular flexibility index (Phi) is 8.55. The third kappa shape index (κ3) is 7.70. The van der Waals surface area contributed by atoms with Gasteiger partial charge in [-0.3, -0.25) is 0 Å². The van der Waals surface area contributed by atoms with Crippen LogP contribution < -0.4 is 9.47 Å². The molecule has 0 fully saturated rings. The number of carbonyl (C=O) groups is 1. The number of ether oxygens (including phenoxy) is 2. The van der Waals surface area contributed by atoms with E-state index >= 15 is 0 Å². The third-order valence-corrected chi connectivity index (χ3v) is 5.66. The Morgan fingerprint density at radius 3 is 1.97 bits per heavy atom. The summed E-state index contributed by atoms with van der Waals surface area (Å²) in [5, 5.41) is 12.4. The average molecular weight is 496 g/mol. The highest BCUT2D eigenvalue weighted by Crippen LogP contribution is 2.34. The first kappa shape index (κ1) is 25.5. The number of hydrogen-bond acceptors (Lipinski definition) is 5. The molecule has 0 bridgehead atoms. The van der Waals surface area contributed by atoms with Gasteiger partial charge < -0.3 is 19.4 Å². The van der Waals surface area contributed by atoms with Crippen LogP contribution in [0.5, 0.6) is 11.5 Å². The van der Waals surface area contributed by atoms with Gasteiger partial charge in [0.25, 0.3) is 0 Å². The predicted molar refractivity (Wildman–Crippen MR) is 144 cm³/mol. The van der Waals surface area contributed by atoms with E-state index in [0.717, 1.165) is 27.8 Å². The van der Waals surface area contributed by atoms with Gasteiger partial charge in [-0.2, -0.15) is 0 Å². The van der Waals surface area contributed by atoms with Gasteiger partial charge in [0.05, 0.1) is 6.21 Å². The van der Waals surface area contributed by atoms with Crippen LogP contribution in [0.25, 0.3) is 11.1 Å². The van der Waals surface area contributed by atoms with E-state index in [-0.39, 0.29) is 0 Å². The standard InChI is InChI=1S/C31H29NO5/c1-22-6-10-24(11-7-22)19-35-29-15-14-28(17-30(29)36-20-25-12-8-23(2)9-13-25)27-5-3-4-26(16-27)18-32-37-21-31(33)34/h3-18H,19-21H2,1-2H3,(H,33,34)/b32-18+. The van der Waals surface area contributed by atoms with Crippen molar-refractivity contribution in [3.05, 3.63) is 119 Å². The molecule has 0 atom stereocenters. The van der Waals surface area contributed by atoms with E-state index in [0.29, 0.717) is 24.7 Å². The number of aryl methyl sites for hydroxylation is 2. The first-order chi connectivity index (χ1) is 18.0. The zero-order valence-electron chi connectivity index (χ0n) is 20.9. The van der Waals surface area contributed by atoms with Gasteiger partial charge in [0.15, 0.2) is 11.5 Å². The summed E-state index contributed by atoms with van der Waals surface area (Å²) in [4.78, 5) is 15.4. The molecule has 0 radical (unpaired) electrons. The summed E-state index contributed by atoms with van der Waals surface area (Å²) in [6.45, 7) is 4.48. The van der Waals surface area contributed by atoms with Crippen molar-refractivity contribution in [1.82, 2.24) is 0 Å². The lowest BCUT2D eigenvalue weighted by Gasteiger charge is -2.15. The van der Waals surface area contributed by atoms with Gasteiger partial charge >= 0.3 is 5.97 Å². The SMILES string of the molecule is Cc1ccc(COc2ccc(-c3cccc(/C=N/OCC(=O)O)c3)cc2OCc2ccc(C)cc2)cc1. The second kappa shape index (κ2) is 12.4. The minimum absolute atomic E-state index is 0.415. The molecule has 6 nitrogen and oxygen atoms in total. The fraction of sp³-hybridized carbons (Fsp3) is 0.161. The number of benzene rings is 4. The normalized spacial score (nSPS) is 10.9. The number of aliphatic carboxylic acids is 1. The summed E-state index contributed by atoms with van der Waals surface area (Å²) in [5.41, 5.74) is 7.23. The summed E-state index contributed by atoms with van der Waals surface area (Å²) in [6, 6.07) is 30.1. The largest absolute Gasteiger partial charge is 0.485 e. The minimum atomic E-state index is -1.08. The molecule has 0 amide bonds. The van der Waals surface area contributed by atoms with E-state index in [1.807, 2.05) is 42.5 Å². The van der Waals surface area contributed by atoms with Crippen LogP contribution in [-0.2, 0) is 22.8 Å². The maximum absolute atomic E-state index is 10.6. The van der Waals surface area contributed by atoms with Crippen LogP contribution in [0.1, 0.15) is 27.8 Å². The lowest BCUT2D eigenvalue weighted by molar-refractivity contribution is -0.142. The highest BCUT2D eigenvalue weighted by Gasteiger charge is 2.10. The molecule has 0 aliphatic heterocycles. The molecule has 0 aliphatic rings. The van der Waals surface area contributed by atoms with Gasteiger partial charge in [0, 0.05) is 0 Å².